The monoisotopic (exact) mass is 982 g/mol. The number of allylic oxidation sites excluding steroid dienone is 2. The Kier molecular flexibility index (Phi) is 17.8. The van der Waals surface area contributed by atoms with Crippen molar-refractivity contribution in [3.8, 4) is 23.0 Å². The lowest BCUT2D eigenvalue weighted by Crippen LogP contribution is -2.19. The van der Waals surface area contributed by atoms with Gasteiger partial charge in [-0.1, -0.05) is 139 Å². The lowest BCUT2D eigenvalue weighted by molar-refractivity contribution is 0.195. The third-order valence-corrected chi connectivity index (χ3v) is 12.0. The number of aromatic nitrogens is 10. The number of aromatic amines is 2. The second kappa shape index (κ2) is 26.4. The van der Waals surface area contributed by atoms with Crippen molar-refractivity contribution in [3.63, 3.8) is 0 Å². The molecule has 0 saturated carbocycles. The number of nitrogens with zero attached hydrogens (tertiary/aromatic N) is 8. The number of fused-ring (bicyclic) bond motifs is 2. The molecule has 0 bridgehead atoms. The fraction of sp³-hybridized carbons (Fsp3) is 0.200. The largest absolute Gasteiger partial charge is 0.494 e. The first-order valence-electron chi connectivity index (χ1n) is 25.0. The molecule has 1 unspecified atom stereocenters. The number of rotatable bonds is 23. The quantitative estimate of drug-likeness (QED) is 0.0353. The number of benzene rings is 6. The van der Waals surface area contributed by atoms with Gasteiger partial charge in [-0.2, -0.15) is 10.4 Å². The molecule has 10 rings (SSSR count). The van der Waals surface area contributed by atoms with Crippen molar-refractivity contribution in [2.24, 2.45) is 0 Å². The highest BCUT2D eigenvalue weighted by Crippen LogP contribution is 2.22. The number of pyridine rings is 2. The van der Waals surface area contributed by atoms with Crippen molar-refractivity contribution in [2.75, 3.05) is 6.61 Å². The predicted octanol–water partition coefficient (Wildman–Crippen LogP) is 12.0. The molecule has 0 aliphatic heterocycles. The zero-order valence-electron chi connectivity index (χ0n) is 41.3. The summed E-state index contributed by atoms with van der Waals surface area (Å²) in [5.41, 5.74) is 8.45. The molecule has 0 radical (unpaired) electrons. The van der Waals surface area contributed by atoms with E-state index in [-0.39, 0.29) is 6.10 Å². The molecule has 14 heteroatoms. The second-order valence-corrected chi connectivity index (χ2v) is 17.5. The molecule has 0 spiro atoms. The Morgan fingerprint density at radius 3 is 1.64 bits per heavy atom. The summed E-state index contributed by atoms with van der Waals surface area (Å²) >= 11 is 0. The van der Waals surface area contributed by atoms with Crippen LogP contribution in [0, 0.1) is 0 Å². The standard InChI is InChI=1S/C31H31N5O2.C29H27N5O2/c1(7-24-12-18-28(19-13-24)37-22-6-5-11-31-33-35-36-34-31)2-8-25-14-20-29(21-15-25)38-23-27-17-16-26-9-3-4-10-30(26)32-27;1-2-25(19-29-31-33-34-32-29)36-27-8-5-6-22(18-27)11-10-21-12-16-26(17-13-21)35-20-24-15-14-23-7-3-4-9-28(23)30-24/h1-4,9-10,12-21H,5-8,11,22-23H2,(H,33,34,35,36);3-18,25H,2,19-20H2,1H3,(H,31,32,33,34). The maximum Gasteiger partial charge on any atom is 0.178 e. The van der Waals surface area contributed by atoms with Crippen LogP contribution < -0.4 is 18.9 Å². The van der Waals surface area contributed by atoms with Crippen LogP contribution in [0.5, 0.6) is 23.0 Å². The van der Waals surface area contributed by atoms with Crippen molar-refractivity contribution in [3.05, 3.63) is 227 Å². The van der Waals surface area contributed by atoms with Crippen LogP contribution in [-0.4, -0.2) is 63.9 Å². The van der Waals surface area contributed by atoms with Crippen LogP contribution in [0.2, 0.25) is 0 Å². The Balaban J connectivity index is 0.000000182. The highest BCUT2D eigenvalue weighted by atomic mass is 16.5. The van der Waals surface area contributed by atoms with Gasteiger partial charge in [-0.25, -0.2) is 9.97 Å². The summed E-state index contributed by atoms with van der Waals surface area (Å²) in [4.78, 5) is 9.33. The number of tetrazole rings is 2. The van der Waals surface area contributed by atoms with Crippen molar-refractivity contribution in [1.29, 1.82) is 0 Å². The van der Waals surface area contributed by atoms with E-state index in [9.17, 15) is 0 Å². The molecule has 0 amide bonds. The Bertz CT molecular complexity index is 3310. The predicted molar refractivity (Wildman–Crippen MR) is 289 cm³/mol. The van der Waals surface area contributed by atoms with Crippen LogP contribution in [0.15, 0.2) is 182 Å². The number of unbranched alkanes of at least 4 members (excludes halogenated alkanes) is 1. The fourth-order valence-corrected chi connectivity index (χ4v) is 7.93. The van der Waals surface area contributed by atoms with Crippen LogP contribution in [0.1, 0.15) is 71.5 Å². The van der Waals surface area contributed by atoms with Crippen molar-refractivity contribution < 1.29 is 18.9 Å². The lowest BCUT2D eigenvalue weighted by Gasteiger charge is -2.16. The lowest BCUT2D eigenvalue weighted by atomic mass is 10.1. The molecular formula is C60H58N10O4. The highest BCUT2D eigenvalue weighted by Gasteiger charge is 2.13. The summed E-state index contributed by atoms with van der Waals surface area (Å²) in [7, 11) is 0. The van der Waals surface area contributed by atoms with Gasteiger partial charge in [0.2, 0.25) is 0 Å². The van der Waals surface area contributed by atoms with Gasteiger partial charge in [0.1, 0.15) is 42.3 Å². The third-order valence-electron chi connectivity index (χ3n) is 12.0. The summed E-state index contributed by atoms with van der Waals surface area (Å²) in [5.74, 6) is 4.78. The molecule has 1 atom stereocenters. The smallest absolute Gasteiger partial charge is 0.178 e. The molecule has 372 valence electrons. The van der Waals surface area contributed by atoms with Crippen LogP contribution in [-0.2, 0) is 38.9 Å². The summed E-state index contributed by atoms with van der Waals surface area (Å²) in [6.45, 7) is 3.65. The first-order valence-corrected chi connectivity index (χ1v) is 25.0. The molecule has 4 heterocycles. The first kappa shape index (κ1) is 49.9. The maximum absolute atomic E-state index is 6.16. The van der Waals surface area contributed by atoms with Gasteiger partial charge in [-0.3, -0.25) is 0 Å². The van der Waals surface area contributed by atoms with Crippen molar-refractivity contribution in [2.45, 2.75) is 71.2 Å². The molecule has 14 nitrogen and oxygen atoms in total. The average Bonchev–Trinajstić information content (AvgIpc) is 4.19. The van der Waals surface area contributed by atoms with Gasteiger partial charge in [-0.15, -0.1) is 20.4 Å². The summed E-state index contributed by atoms with van der Waals surface area (Å²) in [6.07, 6.45) is 14.5. The summed E-state index contributed by atoms with van der Waals surface area (Å²) in [5, 5.41) is 30.3. The fourth-order valence-electron chi connectivity index (χ4n) is 7.93. The van der Waals surface area contributed by atoms with Gasteiger partial charge in [-0.05, 0) is 127 Å². The molecule has 10 aromatic rings. The molecule has 74 heavy (non-hydrogen) atoms. The Labute approximate surface area is 430 Å². The van der Waals surface area contributed by atoms with Crippen LogP contribution in [0.4, 0.5) is 0 Å². The zero-order valence-corrected chi connectivity index (χ0v) is 41.3. The van der Waals surface area contributed by atoms with E-state index in [1.165, 1.54) is 11.1 Å². The minimum absolute atomic E-state index is 0.0146. The van der Waals surface area contributed by atoms with E-state index in [2.05, 4.69) is 137 Å². The average molecular weight is 983 g/mol. The van der Waals surface area contributed by atoms with E-state index >= 15 is 0 Å². The first-order chi connectivity index (χ1) is 36.6. The zero-order chi connectivity index (χ0) is 50.4. The summed E-state index contributed by atoms with van der Waals surface area (Å²) in [6, 6.07) is 57.0. The van der Waals surface area contributed by atoms with Gasteiger partial charge in [0, 0.05) is 23.6 Å². The van der Waals surface area contributed by atoms with E-state index in [0.29, 0.717) is 32.1 Å². The van der Waals surface area contributed by atoms with Crippen LogP contribution in [0.25, 0.3) is 34.0 Å². The number of para-hydroxylation sites is 2. The number of ether oxygens (including phenoxy) is 4. The van der Waals surface area contributed by atoms with Gasteiger partial charge in [0.05, 0.1) is 29.0 Å². The van der Waals surface area contributed by atoms with E-state index in [0.717, 1.165) is 112 Å². The van der Waals surface area contributed by atoms with Crippen LogP contribution >= 0.6 is 0 Å². The molecule has 4 aromatic heterocycles. The molecule has 0 aliphatic rings. The topological polar surface area (TPSA) is 172 Å². The van der Waals surface area contributed by atoms with E-state index < -0.39 is 0 Å². The number of hydrogen-bond acceptors (Lipinski definition) is 12. The summed E-state index contributed by atoms with van der Waals surface area (Å²) < 4.78 is 23.9. The maximum atomic E-state index is 6.16. The van der Waals surface area contributed by atoms with Crippen molar-refractivity contribution in [1.82, 2.24) is 51.2 Å². The number of H-pyrrole nitrogens is 2. The second-order valence-electron chi connectivity index (χ2n) is 17.5. The van der Waals surface area contributed by atoms with Crippen LogP contribution in [0.3, 0.4) is 0 Å². The minimum Gasteiger partial charge on any atom is -0.494 e. The minimum atomic E-state index is -0.0146. The molecule has 0 aliphatic carbocycles. The van der Waals surface area contributed by atoms with Gasteiger partial charge < -0.3 is 18.9 Å². The van der Waals surface area contributed by atoms with E-state index in [4.69, 9.17) is 18.9 Å². The Hall–Kier alpha value is -9.04. The normalized spacial score (nSPS) is 11.7. The van der Waals surface area contributed by atoms with Gasteiger partial charge >= 0.3 is 0 Å². The molecule has 0 fully saturated rings. The number of aryl methyl sites for hydroxylation is 1. The SMILES string of the molecule is C(=CCc1ccc(OCc2ccc3ccccc3n2)cc1)Cc1ccc(OCCCCc2nn[nH]n2)cc1.CCC(Cc1nn[nH]n1)Oc1cccc(C=Cc2ccc(OCc3ccc4ccccc4n3)cc2)c1. The molecule has 6 aromatic carbocycles. The Morgan fingerprint density at radius 2 is 1.05 bits per heavy atom. The van der Waals surface area contributed by atoms with E-state index in [1.807, 2.05) is 115 Å². The molecule has 0 saturated heterocycles. The van der Waals surface area contributed by atoms with Gasteiger partial charge in [0.15, 0.2) is 11.6 Å². The Morgan fingerprint density at radius 1 is 0.500 bits per heavy atom. The number of nitrogens with one attached hydrogen (secondary N) is 2. The van der Waals surface area contributed by atoms with Crippen molar-refractivity contribution >= 4 is 34.0 Å². The molecular weight excluding hydrogens is 925 g/mol. The van der Waals surface area contributed by atoms with Gasteiger partial charge in [0.25, 0.3) is 0 Å². The van der Waals surface area contributed by atoms with E-state index in [1.54, 1.807) is 0 Å². The number of hydrogen-bond donors (Lipinski definition) is 2. The molecule has 2 N–H and O–H groups in total. The third kappa shape index (κ3) is 15.5. The highest BCUT2D eigenvalue weighted by molar-refractivity contribution is 5.79.